The number of hydrogen-bond donors (Lipinski definition) is 2. The monoisotopic (exact) mass is 528 g/mol. The molecule has 1 aliphatic heterocycles. The Morgan fingerprint density at radius 3 is 2.18 bits per heavy atom. The fourth-order valence-corrected chi connectivity index (χ4v) is 4.65. The number of nitrogens with zero attached hydrogens (tertiary/aromatic N) is 2. The molecule has 1 aliphatic rings. The largest absolute Gasteiger partial charge is 0.493 e. The molecule has 0 radical (unpaired) electrons. The molecule has 0 saturated heterocycles. The van der Waals surface area contributed by atoms with Gasteiger partial charge in [-0.3, -0.25) is 9.59 Å². The highest BCUT2D eigenvalue weighted by molar-refractivity contribution is 6.37. The van der Waals surface area contributed by atoms with Gasteiger partial charge in [0.15, 0.2) is 11.5 Å². The molecule has 3 aromatic carbocycles. The topological polar surface area (TPSA) is 83.1 Å². The summed E-state index contributed by atoms with van der Waals surface area (Å²) in [4.78, 5) is 30.0. The van der Waals surface area contributed by atoms with Crippen LogP contribution in [-0.2, 0) is 9.59 Å². The molecule has 0 aromatic heterocycles. The molecule has 0 atom stereocenters. The molecular weight excluding hydrogens is 492 g/mol. The van der Waals surface area contributed by atoms with Crippen LogP contribution in [0.1, 0.15) is 31.4 Å². The van der Waals surface area contributed by atoms with Crippen LogP contribution in [0.25, 0.3) is 11.3 Å². The van der Waals surface area contributed by atoms with Crippen molar-refractivity contribution < 1.29 is 19.1 Å². The SMILES string of the molecule is CCN(CC)CCC(=O)N(C)c1ccc(NC(=C2C(=O)Nc3cc(OC)c(OC)cc32)c2ccccc2)cc1. The predicted octanol–water partition coefficient (Wildman–Crippen LogP) is 5.33. The Kier molecular flexibility index (Phi) is 8.88. The van der Waals surface area contributed by atoms with Gasteiger partial charge in [0.1, 0.15) is 0 Å². The van der Waals surface area contributed by atoms with Crippen LogP contribution in [0.5, 0.6) is 11.5 Å². The molecule has 204 valence electrons. The predicted molar refractivity (Wildman–Crippen MR) is 157 cm³/mol. The molecule has 2 N–H and O–H groups in total. The van der Waals surface area contributed by atoms with E-state index in [9.17, 15) is 9.59 Å². The smallest absolute Gasteiger partial charge is 0.258 e. The number of fused-ring (bicyclic) bond motifs is 1. The zero-order valence-corrected chi connectivity index (χ0v) is 23.2. The number of anilines is 3. The number of benzene rings is 3. The minimum atomic E-state index is -0.221. The van der Waals surface area contributed by atoms with Gasteiger partial charge in [0.05, 0.1) is 31.2 Å². The third-order valence-corrected chi connectivity index (χ3v) is 7.02. The number of nitrogens with one attached hydrogen (secondary N) is 2. The van der Waals surface area contributed by atoms with Crippen molar-refractivity contribution in [1.29, 1.82) is 0 Å². The number of hydrogen-bond acceptors (Lipinski definition) is 6. The number of methoxy groups -OCH3 is 2. The molecule has 0 spiro atoms. The fourth-order valence-electron chi connectivity index (χ4n) is 4.65. The lowest BCUT2D eigenvalue weighted by Crippen LogP contribution is -2.32. The van der Waals surface area contributed by atoms with Gasteiger partial charge in [-0.05, 0) is 49.0 Å². The fraction of sp³-hybridized carbons (Fsp3) is 0.290. The van der Waals surface area contributed by atoms with Crippen molar-refractivity contribution in [3.05, 3.63) is 77.9 Å². The maximum Gasteiger partial charge on any atom is 0.258 e. The van der Waals surface area contributed by atoms with Crippen molar-refractivity contribution in [3.8, 4) is 11.5 Å². The van der Waals surface area contributed by atoms with Gasteiger partial charge in [-0.25, -0.2) is 0 Å². The summed E-state index contributed by atoms with van der Waals surface area (Å²) < 4.78 is 10.9. The summed E-state index contributed by atoms with van der Waals surface area (Å²) in [6, 6.07) is 20.9. The van der Waals surface area contributed by atoms with Crippen LogP contribution in [0, 0.1) is 0 Å². The highest BCUT2D eigenvalue weighted by atomic mass is 16.5. The molecule has 8 heteroatoms. The van der Waals surface area contributed by atoms with E-state index in [1.165, 1.54) is 0 Å². The maximum absolute atomic E-state index is 13.3. The van der Waals surface area contributed by atoms with E-state index in [1.807, 2.05) is 60.7 Å². The Morgan fingerprint density at radius 2 is 1.56 bits per heavy atom. The summed E-state index contributed by atoms with van der Waals surface area (Å²) in [6.45, 7) is 6.79. The first-order valence-corrected chi connectivity index (χ1v) is 13.1. The number of carbonyl (C=O) groups excluding carboxylic acids is 2. The van der Waals surface area contributed by atoms with Crippen LogP contribution in [0.4, 0.5) is 17.1 Å². The summed E-state index contributed by atoms with van der Waals surface area (Å²) in [7, 11) is 4.93. The Morgan fingerprint density at radius 1 is 0.923 bits per heavy atom. The summed E-state index contributed by atoms with van der Waals surface area (Å²) in [5, 5.41) is 6.42. The van der Waals surface area contributed by atoms with E-state index < -0.39 is 0 Å². The quantitative estimate of drug-likeness (QED) is 0.327. The Hall–Kier alpha value is -4.30. The van der Waals surface area contributed by atoms with Crippen LogP contribution < -0.4 is 25.0 Å². The summed E-state index contributed by atoms with van der Waals surface area (Å²) in [6.07, 6.45) is 0.463. The van der Waals surface area contributed by atoms with Crippen LogP contribution in [0.2, 0.25) is 0 Å². The average Bonchev–Trinajstić information content (AvgIpc) is 3.29. The number of carbonyl (C=O) groups is 2. The summed E-state index contributed by atoms with van der Waals surface area (Å²) >= 11 is 0. The van der Waals surface area contributed by atoms with E-state index in [2.05, 4.69) is 29.4 Å². The van der Waals surface area contributed by atoms with E-state index in [4.69, 9.17) is 9.47 Å². The second kappa shape index (κ2) is 12.5. The Balaban J connectivity index is 1.65. The van der Waals surface area contributed by atoms with Gasteiger partial charge in [-0.1, -0.05) is 44.2 Å². The second-order valence-electron chi connectivity index (χ2n) is 9.22. The van der Waals surface area contributed by atoms with Crippen molar-refractivity contribution in [2.75, 3.05) is 56.4 Å². The second-order valence-corrected chi connectivity index (χ2v) is 9.22. The third kappa shape index (κ3) is 6.07. The molecule has 2 amide bonds. The number of ether oxygens (including phenoxy) is 2. The number of amides is 2. The third-order valence-electron chi connectivity index (χ3n) is 7.02. The van der Waals surface area contributed by atoms with Crippen molar-refractivity contribution in [2.24, 2.45) is 0 Å². The van der Waals surface area contributed by atoms with Gasteiger partial charge in [-0.15, -0.1) is 0 Å². The van der Waals surface area contributed by atoms with Crippen LogP contribution in [-0.4, -0.2) is 57.6 Å². The molecular formula is C31H36N4O4. The normalized spacial score (nSPS) is 13.5. The van der Waals surface area contributed by atoms with Crippen LogP contribution >= 0.6 is 0 Å². The zero-order chi connectivity index (χ0) is 27.9. The molecule has 0 unspecified atom stereocenters. The van der Waals surface area contributed by atoms with E-state index >= 15 is 0 Å². The van der Waals surface area contributed by atoms with E-state index in [0.717, 1.165) is 42.1 Å². The van der Waals surface area contributed by atoms with E-state index in [0.29, 0.717) is 34.9 Å². The molecule has 4 rings (SSSR count). The van der Waals surface area contributed by atoms with Crippen molar-refractivity contribution in [2.45, 2.75) is 20.3 Å². The first-order chi connectivity index (χ1) is 18.9. The maximum atomic E-state index is 13.3. The van der Waals surface area contributed by atoms with Gasteiger partial charge >= 0.3 is 0 Å². The first-order valence-electron chi connectivity index (χ1n) is 13.1. The van der Waals surface area contributed by atoms with Gasteiger partial charge in [0.25, 0.3) is 5.91 Å². The van der Waals surface area contributed by atoms with Gasteiger partial charge in [-0.2, -0.15) is 0 Å². The van der Waals surface area contributed by atoms with Gasteiger partial charge in [0.2, 0.25) is 5.91 Å². The lowest BCUT2D eigenvalue weighted by atomic mass is 9.99. The van der Waals surface area contributed by atoms with Crippen molar-refractivity contribution in [3.63, 3.8) is 0 Å². The molecule has 39 heavy (non-hydrogen) atoms. The highest BCUT2D eigenvalue weighted by Gasteiger charge is 2.30. The van der Waals surface area contributed by atoms with Gasteiger partial charge in [0, 0.05) is 43.0 Å². The summed E-state index contributed by atoms with van der Waals surface area (Å²) in [5.74, 6) is 0.925. The van der Waals surface area contributed by atoms with Crippen LogP contribution in [0.3, 0.4) is 0 Å². The average molecular weight is 529 g/mol. The molecule has 0 aliphatic carbocycles. The lowest BCUT2D eigenvalue weighted by molar-refractivity contribution is -0.118. The molecule has 8 nitrogen and oxygen atoms in total. The minimum absolute atomic E-state index is 0.0679. The summed E-state index contributed by atoms with van der Waals surface area (Å²) in [5.41, 5.74) is 5.00. The van der Waals surface area contributed by atoms with Gasteiger partial charge < -0.3 is 29.9 Å². The van der Waals surface area contributed by atoms with Crippen LogP contribution in [0.15, 0.2) is 66.7 Å². The molecule has 0 bridgehead atoms. The Labute approximate surface area is 230 Å². The first kappa shape index (κ1) is 27.7. The lowest BCUT2D eigenvalue weighted by Gasteiger charge is -2.22. The zero-order valence-electron chi connectivity index (χ0n) is 23.2. The molecule has 0 saturated carbocycles. The molecule has 3 aromatic rings. The highest BCUT2D eigenvalue weighted by Crippen LogP contribution is 2.43. The van der Waals surface area contributed by atoms with Crippen molar-refractivity contribution in [1.82, 2.24) is 4.90 Å². The number of rotatable bonds is 11. The Bertz CT molecular complexity index is 1350. The minimum Gasteiger partial charge on any atom is -0.493 e. The van der Waals surface area contributed by atoms with E-state index in [-0.39, 0.29) is 11.8 Å². The molecule has 1 heterocycles. The van der Waals surface area contributed by atoms with E-state index in [1.54, 1.807) is 32.2 Å². The van der Waals surface area contributed by atoms with Crippen molar-refractivity contribution >= 4 is 40.1 Å². The standard InChI is InChI=1S/C31H36N4O4/c1-6-35(7-2)18-17-28(36)34(3)23-15-13-22(14-16-23)32-30(21-11-9-8-10-12-21)29-24-19-26(38-4)27(39-5)20-25(24)33-31(29)37/h8-16,19-20,32H,6-7,17-18H2,1-5H3,(H,33,37). The molecule has 0 fully saturated rings.